The third kappa shape index (κ3) is 5.00. The summed E-state index contributed by atoms with van der Waals surface area (Å²) in [6, 6.07) is 2.65. The lowest BCUT2D eigenvalue weighted by Crippen LogP contribution is -2.49. The molecule has 0 bridgehead atoms. The smallest absolute Gasteiger partial charge is 0.304 e. The molecule has 7 nitrogen and oxygen atoms in total. The van der Waals surface area contributed by atoms with Crippen LogP contribution in [0.2, 0.25) is 0 Å². The van der Waals surface area contributed by atoms with Crippen LogP contribution in [-0.2, 0) is 10.2 Å². The summed E-state index contributed by atoms with van der Waals surface area (Å²) in [6.07, 6.45) is 4.88. The van der Waals surface area contributed by atoms with Crippen LogP contribution in [0.3, 0.4) is 0 Å². The maximum atomic E-state index is 14.8. The molecule has 1 aliphatic carbocycles. The van der Waals surface area contributed by atoms with Crippen molar-refractivity contribution in [2.24, 2.45) is 11.8 Å². The molecular weight excluding hydrogens is 407 g/mol. The summed E-state index contributed by atoms with van der Waals surface area (Å²) in [5.41, 5.74) is 0.659. The van der Waals surface area contributed by atoms with Crippen LogP contribution in [0.1, 0.15) is 68.8 Å². The van der Waals surface area contributed by atoms with E-state index in [2.05, 4.69) is 19.2 Å². The third-order valence-corrected chi connectivity index (χ3v) is 7.70. The van der Waals surface area contributed by atoms with E-state index >= 15 is 0 Å². The van der Waals surface area contributed by atoms with Gasteiger partial charge in [-0.3, -0.25) is 4.79 Å². The molecule has 1 saturated heterocycles. The molecule has 1 aromatic carbocycles. The zero-order valence-electron chi connectivity index (χ0n) is 17.8. The van der Waals surface area contributed by atoms with E-state index in [1.54, 1.807) is 6.92 Å². The average Bonchev–Trinajstić information content (AvgIpc) is 2.59. The number of rotatable bonds is 7. The fraction of sp³-hybridized carbons (Fsp3) is 0.619. The van der Waals surface area contributed by atoms with Gasteiger partial charge in [-0.05, 0) is 63.0 Å². The number of carbonyl (C=O) groups is 1. The van der Waals surface area contributed by atoms with E-state index in [9.17, 15) is 17.6 Å². The van der Waals surface area contributed by atoms with Gasteiger partial charge in [0.2, 0.25) is 0 Å². The fourth-order valence-electron chi connectivity index (χ4n) is 4.09. The molecule has 3 N–H and O–H groups in total. The van der Waals surface area contributed by atoms with Crippen molar-refractivity contribution in [3.63, 3.8) is 0 Å². The highest BCUT2D eigenvalue weighted by atomic mass is 32.2. The van der Waals surface area contributed by atoms with Crippen molar-refractivity contribution < 1.29 is 17.6 Å². The van der Waals surface area contributed by atoms with Crippen LogP contribution in [0.15, 0.2) is 12.1 Å². The standard InChI is InChI=1S/C21H31FN4O3S/c1-13(2)15-5-7-16(8-6-15)24-20-12-19(22)18(11-17(20)14(3)23)21(27)25-30(28,29)26-9-4-10-26/h11-13,15-16,23-24H,4-10H2,1-3H3,(H,25,27). The molecular formula is C21H31FN4O3S. The first-order chi connectivity index (χ1) is 14.1. The topological polar surface area (TPSA) is 102 Å². The number of anilines is 1. The van der Waals surface area contributed by atoms with Gasteiger partial charge in [-0.15, -0.1) is 0 Å². The van der Waals surface area contributed by atoms with Gasteiger partial charge in [0.05, 0.1) is 5.56 Å². The van der Waals surface area contributed by atoms with Gasteiger partial charge in [0.25, 0.3) is 5.91 Å². The molecule has 1 amide bonds. The first-order valence-corrected chi connectivity index (χ1v) is 12.0. The van der Waals surface area contributed by atoms with E-state index < -0.39 is 21.9 Å². The summed E-state index contributed by atoms with van der Waals surface area (Å²) in [7, 11) is -3.97. The summed E-state index contributed by atoms with van der Waals surface area (Å²) in [6.45, 7) is 6.72. The highest BCUT2D eigenvalue weighted by Gasteiger charge is 2.31. The molecule has 0 unspecified atom stereocenters. The van der Waals surface area contributed by atoms with Crippen molar-refractivity contribution in [2.45, 2.75) is 58.9 Å². The van der Waals surface area contributed by atoms with Crippen molar-refractivity contribution >= 4 is 27.5 Å². The van der Waals surface area contributed by atoms with Crippen LogP contribution in [0.25, 0.3) is 0 Å². The van der Waals surface area contributed by atoms with Crippen molar-refractivity contribution in [1.82, 2.24) is 9.03 Å². The van der Waals surface area contributed by atoms with E-state index in [0.29, 0.717) is 36.2 Å². The normalized spacial score (nSPS) is 22.4. The molecule has 2 fully saturated rings. The van der Waals surface area contributed by atoms with Gasteiger partial charge in [-0.25, -0.2) is 9.11 Å². The summed E-state index contributed by atoms with van der Waals surface area (Å²) >= 11 is 0. The van der Waals surface area contributed by atoms with Crippen molar-refractivity contribution in [3.8, 4) is 0 Å². The molecule has 2 aliphatic rings. The molecule has 166 valence electrons. The first kappa shape index (κ1) is 22.7. The second-order valence-corrected chi connectivity index (χ2v) is 10.4. The van der Waals surface area contributed by atoms with Gasteiger partial charge >= 0.3 is 10.2 Å². The fourth-order valence-corrected chi connectivity index (χ4v) is 5.30. The van der Waals surface area contributed by atoms with Gasteiger partial charge in [0.15, 0.2) is 0 Å². The Morgan fingerprint density at radius 1 is 1.17 bits per heavy atom. The monoisotopic (exact) mass is 438 g/mol. The Hall–Kier alpha value is -2.00. The Kier molecular flexibility index (Phi) is 6.81. The minimum absolute atomic E-state index is 0.174. The van der Waals surface area contributed by atoms with Crippen LogP contribution in [0, 0.1) is 23.1 Å². The lowest BCUT2D eigenvalue weighted by molar-refractivity contribution is 0.0974. The summed E-state index contributed by atoms with van der Waals surface area (Å²) in [5.74, 6) is -0.489. The lowest BCUT2D eigenvalue weighted by Gasteiger charge is -2.32. The molecule has 1 heterocycles. The third-order valence-electron chi connectivity index (χ3n) is 6.21. The molecule has 30 heavy (non-hydrogen) atoms. The predicted octanol–water partition coefficient (Wildman–Crippen LogP) is 3.52. The van der Waals surface area contributed by atoms with Crippen LogP contribution in [-0.4, -0.2) is 43.5 Å². The van der Waals surface area contributed by atoms with Crippen LogP contribution < -0.4 is 10.0 Å². The molecule has 0 radical (unpaired) electrons. The summed E-state index contributed by atoms with van der Waals surface area (Å²) in [5, 5.41) is 11.4. The van der Waals surface area contributed by atoms with Gasteiger partial charge in [-0.1, -0.05) is 13.8 Å². The summed E-state index contributed by atoms with van der Waals surface area (Å²) < 4.78 is 42.1. The minimum Gasteiger partial charge on any atom is -0.382 e. The second kappa shape index (κ2) is 9.01. The molecule has 9 heteroatoms. The maximum Gasteiger partial charge on any atom is 0.304 e. The maximum absolute atomic E-state index is 14.8. The lowest BCUT2D eigenvalue weighted by atomic mass is 9.79. The molecule has 0 aromatic heterocycles. The predicted molar refractivity (Wildman–Crippen MR) is 116 cm³/mol. The molecule has 3 rings (SSSR count). The van der Waals surface area contributed by atoms with Gasteiger partial charge in [0.1, 0.15) is 5.82 Å². The highest BCUT2D eigenvalue weighted by molar-refractivity contribution is 7.87. The van der Waals surface area contributed by atoms with Crippen molar-refractivity contribution in [1.29, 1.82) is 5.41 Å². The molecule has 1 aromatic rings. The number of benzene rings is 1. The summed E-state index contributed by atoms with van der Waals surface area (Å²) in [4.78, 5) is 12.5. The Bertz CT molecular complexity index is 920. The zero-order valence-corrected chi connectivity index (χ0v) is 18.6. The first-order valence-electron chi connectivity index (χ1n) is 10.6. The van der Waals surface area contributed by atoms with E-state index in [4.69, 9.17) is 5.41 Å². The number of halogens is 1. The van der Waals surface area contributed by atoms with Crippen molar-refractivity contribution in [3.05, 3.63) is 29.1 Å². The Balaban J connectivity index is 1.77. The van der Waals surface area contributed by atoms with Crippen molar-refractivity contribution in [2.75, 3.05) is 18.4 Å². The van der Waals surface area contributed by atoms with Crippen LogP contribution in [0.4, 0.5) is 10.1 Å². The van der Waals surface area contributed by atoms with Gasteiger partial charge < -0.3 is 10.7 Å². The molecule has 0 atom stereocenters. The van der Waals surface area contributed by atoms with E-state index in [-0.39, 0.29) is 17.3 Å². The number of amides is 1. The molecule has 0 spiro atoms. The number of hydrogen-bond donors (Lipinski definition) is 3. The van der Waals surface area contributed by atoms with Crippen LogP contribution in [0.5, 0.6) is 0 Å². The number of carbonyl (C=O) groups excluding carboxylic acids is 1. The highest BCUT2D eigenvalue weighted by Crippen LogP contribution is 2.32. The zero-order chi connectivity index (χ0) is 22.1. The Labute approximate surface area is 178 Å². The average molecular weight is 439 g/mol. The quantitative estimate of drug-likeness (QED) is 0.567. The number of nitrogens with zero attached hydrogens (tertiary/aromatic N) is 1. The number of nitrogens with one attached hydrogen (secondary N) is 3. The van der Waals surface area contributed by atoms with Gasteiger partial charge in [-0.2, -0.15) is 12.7 Å². The second-order valence-electron chi connectivity index (χ2n) is 8.69. The van der Waals surface area contributed by atoms with E-state index in [1.807, 2.05) is 4.72 Å². The van der Waals surface area contributed by atoms with E-state index in [1.165, 1.54) is 12.1 Å². The van der Waals surface area contributed by atoms with Gasteiger partial charge in [0, 0.05) is 36.1 Å². The largest absolute Gasteiger partial charge is 0.382 e. The Morgan fingerprint density at radius 2 is 1.80 bits per heavy atom. The van der Waals surface area contributed by atoms with E-state index in [0.717, 1.165) is 36.4 Å². The Morgan fingerprint density at radius 3 is 2.30 bits per heavy atom. The SMILES string of the molecule is CC(=N)c1cc(C(=O)NS(=O)(=O)N2CCC2)c(F)cc1NC1CCC(C(C)C)CC1. The minimum atomic E-state index is -3.97. The molecule has 1 saturated carbocycles. The number of hydrogen-bond acceptors (Lipinski definition) is 5. The van der Waals surface area contributed by atoms with Crippen LogP contribution >= 0.6 is 0 Å². The molecule has 1 aliphatic heterocycles.